The smallest absolute Gasteiger partial charge is 0.417 e. The molecule has 0 N–H and O–H groups in total. The summed E-state index contributed by atoms with van der Waals surface area (Å²) in [4.78, 5) is 53.9. The lowest BCUT2D eigenvalue weighted by Gasteiger charge is -2.22. The second kappa shape index (κ2) is 19.1. The molecule has 2 saturated heterocycles. The van der Waals surface area contributed by atoms with Gasteiger partial charge in [-0.05, 0) is 24.0 Å². The first-order chi connectivity index (χ1) is 20.8. The number of amides is 4. The van der Waals surface area contributed by atoms with Gasteiger partial charge in [-0.15, -0.1) is 0 Å². The van der Waals surface area contributed by atoms with Gasteiger partial charge in [-0.1, -0.05) is 103 Å². The Kier molecular flexibility index (Phi) is 15.5. The number of imide groups is 2. The standard InChI is InChI=1S/C16H18N2O3.C14H17NO3.C2H2BrN/c1-3-7-13(10-17-2)15(19)18-14(11-21-16(18)20)12-8-5-4-6-9-12;1-2-3-9-13(16)15-12(10-18-14(15)17)11-7-5-4-6-8-11;3-1-2-4/h4-6,8-9,13-14H,3,7,10-11H2,1H3;4-8,12H,2-3,9-10H2,1H3;1H2/t13-,14-;12-;/m11./s1. The molecule has 228 valence electrons. The van der Waals surface area contributed by atoms with E-state index in [-0.39, 0.29) is 37.6 Å². The summed E-state index contributed by atoms with van der Waals surface area (Å²) in [6.45, 7) is 11.5. The molecule has 3 atom stereocenters. The zero-order valence-corrected chi connectivity index (χ0v) is 26.1. The van der Waals surface area contributed by atoms with Crippen molar-refractivity contribution in [1.82, 2.24) is 9.80 Å². The molecule has 2 aliphatic rings. The van der Waals surface area contributed by atoms with E-state index >= 15 is 0 Å². The average Bonchev–Trinajstić information content (AvgIpc) is 3.63. The molecule has 0 spiro atoms. The summed E-state index contributed by atoms with van der Waals surface area (Å²) in [5.41, 5.74) is 1.81. The first-order valence-electron chi connectivity index (χ1n) is 14.2. The molecule has 10 nitrogen and oxygen atoms in total. The molecule has 0 bridgehead atoms. The van der Waals surface area contributed by atoms with Crippen molar-refractivity contribution in [2.24, 2.45) is 5.92 Å². The molecule has 2 aromatic carbocycles. The van der Waals surface area contributed by atoms with Crippen LogP contribution in [0.15, 0.2) is 60.7 Å². The Hall–Kier alpha value is -4.22. The average molecular weight is 654 g/mol. The molecule has 0 unspecified atom stereocenters. The minimum absolute atomic E-state index is 0.109. The number of hydrogen-bond donors (Lipinski definition) is 0. The van der Waals surface area contributed by atoms with Crippen LogP contribution in [0.1, 0.15) is 69.2 Å². The molecule has 2 fully saturated rings. The number of hydrogen-bond acceptors (Lipinski definition) is 7. The summed E-state index contributed by atoms with van der Waals surface area (Å²) in [6.07, 6.45) is 2.39. The normalized spacial score (nSPS) is 17.6. The van der Waals surface area contributed by atoms with E-state index < -0.39 is 24.1 Å². The maximum Gasteiger partial charge on any atom is 0.417 e. The number of carbonyl (C=O) groups excluding carboxylic acids is 4. The van der Waals surface area contributed by atoms with Crippen molar-refractivity contribution in [3.8, 4) is 6.07 Å². The maximum absolute atomic E-state index is 12.6. The lowest BCUT2D eigenvalue weighted by molar-refractivity contribution is -0.133. The van der Waals surface area contributed by atoms with Gasteiger partial charge in [0.2, 0.25) is 18.4 Å². The van der Waals surface area contributed by atoms with Crippen molar-refractivity contribution in [2.45, 2.75) is 58.0 Å². The molecule has 0 aromatic heterocycles. The van der Waals surface area contributed by atoms with Gasteiger partial charge >= 0.3 is 12.2 Å². The zero-order valence-electron chi connectivity index (χ0n) is 24.5. The van der Waals surface area contributed by atoms with Crippen LogP contribution in [0.3, 0.4) is 0 Å². The highest BCUT2D eigenvalue weighted by molar-refractivity contribution is 9.09. The minimum atomic E-state index is -0.611. The predicted molar refractivity (Wildman–Crippen MR) is 164 cm³/mol. The monoisotopic (exact) mass is 652 g/mol. The highest BCUT2D eigenvalue weighted by atomic mass is 79.9. The molecule has 0 radical (unpaired) electrons. The van der Waals surface area contributed by atoms with Crippen LogP contribution in [0.2, 0.25) is 0 Å². The molecule has 11 heteroatoms. The van der Waals surface area contributed by atoms with E-state index in [2.05, 4.69) is 20.8 Å². The third-order valence-electron chi connectivity index (χ3n) is 6.72. The Morgan fingerprint density at radius 1 is 0.953 bits per heavy atom. The molecule has 4 rings (SSSR count). The van der Waals surface area contributed by atoms with E-state index in [4.69, 9.17) is 21.3 Å². The lowest BCUT2D eigenvalue weighted by atomic mass is 10.00. The van der Waals surface area contributed by atoms with Crippen molar-refractivity contribution in [2.75, 3.05) is 25.1 Å². The van der Waals surface area contributed by atoms with E-state index in [1.54, 1.807) is 0 Å². The van der Waals surface area contributed by atoms with Gasteiger partial charge < -0.3 is 14.3 Å². The summed E-state index contributed by atoms with van der Waals surface area (Å²) < 4.78 is 10.0. The molecule has 2 heterocycles. The first kappa shape index (κ1) is 35.0. The third-order valence-corrected chi connectivity index (χ3v) is 6.97. The van der Waals surface area contributed by atoms with Crippen LogP contribution < -0.4 is 0 Å². The second-order valence-corrected chi connectivity index (χ2v) is 10.3. The van der Waals surface area contributed by atoms with Crippen molar-refractivity contribution in [3.05, 3.63) is 83.2 Å². The zero-order chi connectivity index (χ0) is 31.6. The van der Waals surface area contributed by atoms with Crippen molar-refractivity contribution < 1.29 is 28.7 Å². The quantitative estimate of drug-likeness (QED) is 0.215. The van der Waals surface area contributed by atoms with Crippen LogP contribution in [-0.2, 0) is 19.1 Å². The van der Waals surface area contributed by atoms with E-state index in [9.17, 15) is 19.2 Å². The van der Waals surface area contributed by atoms with Crippen LogP contribution in [0.5, 0.6) is 0 Å². The van der Waals surface area contributed by atoms with E-state index in [1.807, 2.05) is 80.6 Å². The molecule has 2 aromatic rings. The van der Waals surface area contributed by atoms with E-state index in [0.29, 0.717) is 18.2 Å². The maximum atomic E-state index is 12.6. The molecule has 0 saturated carbocycles. The number of nitrogens with zero attached hydrogens (tertiary/aromatic N) is 4. The summed E-state index contributed by atoms with van der Waals surface area (Å²) >= 11 is 2.89. The number of rotatable bonds is 9. The van der Waals surface area contributed by atoms with Crippen LogP contribution >= 0.6 is 15.9 Å². The fourth-order valence-corrected chi connectivity index (χ4v) is 4.60. The highest BCUT2D eigenvalue weighted by Gasteiger charge is 2.42. The molecule has 0 aliphatic carbocycles. The number of cyclic esters (lactones) is 2. The predicted octanol–water partition coefficient (Wildman–Crippen LogP) is 6.84. The number of ether oxygens (including phenoxy) is 2. The number of nitriles is 1. The number of alkyl halides is 1. The Labute approximate surface area is 261 Å². The van der Waals surface area contributed by atoms with Crippen LogP contribution in [0.4, 0.5) is 9.59 Å². The Morgan fingerprint density at radius 3 is 1.88 bits per heavy atom. The fraction of sp³-hybridized carbons (Fsp3) is 0.438. The van der Waals surface area contributed by atoms with Gasteiger partial charge in [-0.2, -0.15) is 5.26 Å². The van der Waals surface area contributed by atoms with Gasteiger partial charge in [-0.25, -0.2) is 26.0 Å². The minimum Gasteiger partial charge on any atom is -0.446 e. The van der Waals surface area contributed by atoms with Crippen molar-refractivity contribution in [3.63, 3.8) is 0 Å². The molecular formula is C32H37BrN4O6. The Bertz CT molecular complexity index is 1280. The molecule has 43 heavy (non-hydrogen) atoms. The lowest BCUT2D eigenvalue weighted by Crippen LogP contribution is -2.39. The van der Waals surface area contributed by atoms with Gasteiger partial charge in [0.1, 0.15) is 31.2 Å². The number of benzene rings is 2. The first-order valence-corrected chi connectivity index (χ1v) is 15.3. The van der Waals surface area contributed by atoms with Crippen LogP contribution in [-0.4, -0.2) is 58.9 Å². The summed E-state index contributed by atoms with van der Waals surface area (Å²) in [5.74, 6) is -0.887. The Morgan fingerprint density at radius 2 is 1.44 bits per heavy atom. The second-order valence-electron chi connectivity index (χ2n) is 9.70. The largest absolute Gasteiger partial charge is 0.446 e. The van der Waals surface area contributed by atoms with Crippen LogP contribution in [0, 0.1) is 23.8 Å². The van der Waals surface area contributed by atoms with Crippen molar-refractivity contribution >= 4 is 39.9 Å². The highest BCUT2D eigenvalue weighted by Crippen LogP contribution is 2.30. The molecule has 2 aliphatic heterocycles. The Balaban J connectivity index is 0.000000269. The van der Waals surface area contributed by atoms with Gasteiger partial charge in [0.25, 0.3) is 0 Å². The molecular weight excluding hydrogens is 616 g/mol. The van der Waals surface area contributed by atoms with Gasteiger partial charge in [0.05, 0.1) is 11.4 Å². The van der Waals surface area contributed by atoms with Gasteiger partial charge in [0.15, 0.2) is 0 Å². The van der Waals surface area contributed by atoms with Gasteiger partial charge in [0, 0.05) is 6.42 Å². The van der Waals surface area contributed by atoms with Crippen LogP contribution in [0.25, 0.3) is 4.85 Å². The van der Waals surface area contributed by atoms with Crippen molar-refractivity contribution in [1.29, 1.82) is 5.26 Å². The van der Waals surface area contributed by atoms with E-state index in [1.165, 1.54) is 9.80 Å². The summed E-state index contributed by atoms with van der Waals surface area (Å²) in [5, 5.41) is 8.02. The van der Waals surface area contributed by atoms with E-state index in [0.717, 1.165) is 30.4 Å². The summed E-state index contributed by atoms with van der Waals surface area (Å²) in [7, 11) is 0. The number of carbonyl (C=O) groups is 4. The topological polar surface area (TPSA) is 121 Å². The van der Waals surface area contributed by atoms with Gasteiger partial charge in [-0.3, -0.25) is 9.59 Å². The number of unbranched alkanes of at least 4 members (excludes halogenated alkanes) is 1. The number of halogens is 1. The fourth-order valence-electron chi connectivity index (χ4n) is 4.60. The summed E-state index contributed by atoms with van der Waals surface area (Å²) in [6, 6.07) is 20.1. The third kappa shape index (κ3) is 10.2. The SMILES string of the molecule is CCCCC(=O)N1C(=O)OC[C@@H]1c1ccccc1.N#CCBr.[C-]#[N+]C[C@@H](CCC)C(=O)N1C(=O)OC[C@@H]1c1ccccc1. The molecule has 4 amide bonds.